The van der Waals surface area contributed by atoms with Gasteiger partial charge in [0.1, 0.15) is 5.75 Å². The molecule has 1 aromatic heterocycles. The normalized spacial score (nSPS) is 12.5. The van der Waals surface area contributed by atoms with Gasteiger partial charge in [0.25, 0.3) is 0 Å². The van der Waals surface area contributed by atoms with Gasteiger partial charge < -0.3 is 15.0 Å². The number of phenolic OH excluding ortho intramolecular Hbond substituents is 1. The molecular formula is C18H20ClN3O. The fraction of sp³-hybridized carbons (Fsp3) is 0.278. The van der Waals surface area contributed by atoms with Crippen molar-refractivity contribution in [1.29, 1.82) is 0 Å². The lowest BCUT2D eigenvalue weighted by atomic mass is 10.1. The molecule has 0 saturated heterocycles. The molecule has 0 aliphatic rings. The van der Waals surface area contributed by atoms with Crippen molar-refractivity contribution in [2.45, 2.75) is 32.9 Å². The van der Waals surface area contributed by atoms with Crippen LogP contribution in [0.1, 0.15) is 31.9 Å². The van der Waals surface area contributed by atoms with Crippen molar-refractivity contribution in [1.82, 2.24) is 9.55 Å². The van der Waals surface area contributed by atoms with Crippen molar-refractivity contribution in [3.8, 4) is 5.75 Å². The van der Waals surface area contributed by atoms with E-state index in [1.807, 2.05) is 25.1 Å². The Kier molecular flexibility index (Phi) is 4.44. The van der Waals surface area contributed by atoms with Crippen molar-refractivity contribution in [2.24, 2.45) is 0 Å². The molecule has 0 aliphatic heterocycles. The van der Waals surface area contributed by atoms with Gasteiger partial charge in [0, 0.05) is 17.1 Å². The van der Waals surface area contributed by atoms with Crippen molar-refractivity contribution in [3.05, 3.63) is 53.1 Å². The highest BCUT2D eigenvalue weighted by atomic mass is 35.5. The van der Waals surface area contributed by atoms with E-state index in [1.165, 1.54) is 0 Å². The second-order valence-corrected chi connectivity index (χ2v) is 6.08. The van der Waals surface area contributed by atoms with Gasteiger partial charge in [-0.05, 0) is 43.7 Å². The molecule has 0 unspecified atom stereocenters. The zero-order valence-corrected chi connectivity index (χ0v) is 14.0. The molecular weight excluding hydrogens is 310 g/mol. The van der Waals surface area contributed by atoms with E-state index in [4.69, 9.17) is 11.6 Å². The monoisotopic (exact) mass is 329 g/mol. The smallest absolute Gasteiger partial charge is 0.204 e. The minimum absolute atomic E-state index is 0.110. The summed E-state index contributed by atoms with van der Waals surface area (Å²) in [4.78, 5) is 4.69. The number of anilines is 1. The van der Waals surface area contributed by atoms with Crippen LogP contribution in [0.4, 0.5) is 5.95 Å². The first-order valence-corrected chi connectivity index (χ1v) is 8.18. The highest BCUT2D eigenvalue weighted by Gasteiger charge is 2.15. The zero-order chi connectivity index (χ0) is 16.4. The number of hydrogen-bond donors (Lipinski definition) is 2. The summed E-state index contributed by atoms with van der Waals surface area (Å²) in [6.07, 6.45) is 1.02. The van der Waals surface area contributed by atoms with Crippen LogP contribution in [0.15, 0.2) is 42.5 Å². The van der Waals surface area contributed by atoms with Crippen LogP contribution in [0.3, 0.4) is 0 Å². The standard InChI is InChI=1S/C18H20ClN3O/c1-3-10-22-16-7-5-4-6-15(16)21-18(22)20-12(2)14-11-13(19)8-9-17(14)23/h4-9,11-12,23H,3,10H2,1-2H3,(H,20,21)/t12-/m0/s1. The summed E-state index contributed by atoms with van der Waals surface area (Å²) < 4.78 is 2.17. The summed E-state index contributed by atoms with van der Waals surface area (Å²) in [6.45, 7) is 5.02. The molecule has 0 fully saturated rings. The van der Waals surface area contributed by atoms with Crippen LogP contribution in [0.5, 0.6) is 5.75 Å². The summed E-state index contributed by atoms with van der Waals surface area (Å²) >= 11 is 6.05. The largest absolute Gasteiger partial charge is 0.508 e. The molecule has 3 rings (SSSR count). The Labute approximate surface area is 140 Å². The number of nitrogens with one attached hydrogen (secondary N) is 1. The molecule has 0 aliphatic carbocycles. The fourth-order valence-corrected chi connectivity index (χ4v) is 2.96. The van der Waals surface area contributed by atoms with Crippen LogP contribution in [0.25, 0.3) is 11.0 Å². The molecule has 4 nitrogen and oxygen atoms in total. The Morgan fingerprint density at radius 2 is 2.04 bits per heavy atom. The predicted molar refractivity (Wildman–Crippen MR) is 95.2 cm³/mol. The first-order valence-electron chi connectivity index (χ1n) is 7.80. The van der Waals surface area contributed by atoms with Gasteiger partial charge in [-0.1, -0.05) is 30.7 Å². The lowest BCUT2D eigenvalue weighted by molar-refractivity contribution is 0.465. The molecule has 2 N–H and O–H groups in total. The molecule has 1 heterocycles. The lowest BCUT2D eigenvalue weighted by Gasteiger charge is -2.17. The van der Waals surface area contributed by atoms with E-state index >= 15 is 0 Å². The van der Waals surface area contributed by atoms with E-state index in [0.29, 0.717) is 5.02 Å². The average Bonchev–Trinajstić information content (AvgIpc) is 2.88. The van der Waals surface area contributed by atoms with E-state index in [1.54, 1.807) is 18.2 Å². The van der Waals surface area contributed by atoms with E-state index in [0.717, 1.165) is 35.5 Å². The van der Waals surface area contributed by atoms with Gasteiger partial charge in [-0.15, -0.1) is 0 Å². The van der Waals surface area contributed by atoms with Gasteiger partial charge in [-0.25, -0.2) is 4.98 Å². The Morgan fingerprint density at radius 1 is 1.26 bits per heavy atom. The third kappa shape index (κ3) is 3.13. The maximum absolute atomic E-state index is 10.1. The number of aryl methyl sites for hydroxylation is 1. The van der Waals surface area contributed by atoms with E-state index < -0.39 is 0 Å². The number of fused-ring (bicyclic) bond motifs is 1. The molecule has 5 heteroatoms. The maximum atomic E-state index is 10.1. The van der Waals surface area contributed by atoms with E-state index in [-0.39, 0.29) is 11.8 Å². The second-order valence-electron chi connectivity index (χ2n) is 5.64. The Bertz CT molecular complexity index is 828. The Balaban J connectivity index is 1.97. The van der Waals surface area contributed by atoms with Crippen LogP contribution >= 0.6 is 11.6 Å². The SMILES string of the molecule is CCCn1c(N[C@@H](C)c2cc(Cl)ccc2O)nc2ccccc21. The molecule has 0 spiro atoms. The third-order valence-electron chi connectivity index (χ3n) is 3.90. The molecule has 120 valence electrons. The number of phenols is 1. The number of halogens is 1. The molecule has 2 aromatic carbocycles. The maximum Gasteiger partial charge on any atom is 0.204 e. The average molecular weight is 330 g/mol. The summed E-state index contributed by atoms with van der Waals surface area (Å²) in [6, 6.07) is 13.1. The summed E-state index contributed by atoms with van der Waals surface area (Å²) in [5, 5.41) is 14.1. The van der Waals surface area contributed by atoms with Crippen LogP contribution < -0.4 is 5.32 Å². The van der Waals surface area contributed by atoms with Gasteiger partial charge in [-0.2, -0.15) is 0 Å². The molecule has 0 radical (unpaired) electrons. The van der Waals surface area contributed by atoms with Gasteiger partial charge in [0.05, 0.1) is 17.1 Å². The highest BCUT2D eigenvalue weighted by molar-refractivity contribution is 6.30. The topological polar surface area (TPSA) is 50.1 Å². The molecule has 0 saturated carbocycles. The molecule has 0 amide bonds. The quantitative estimate of drug-likeness (QED) is 0.694. The van der Waals surface area contributed by atoms with Crippen molar-refractivity contribution in [2.75, 3.05) is 5.32 Å². The minimum atomic E-state index is -0.110. The number of hydrogen-bond acceptors (Lipinski definition) is 3. The number of imidazole rings is 1. The molecule has 1 atom stereocenters. The zero-order valence-electron chi connectivity index (χ0n) is 13.3. The third-order valence-corrected chi connectivity index (χ3v) is 4.14. The van der Waals surface area contributed by atoms with Crippen molar-refractivity contribution < 1.29 is 5.11 Å². The Hall–Kier alpha value is -2.20. The lowest BCUT2D eigenvalue weighted by Crippen LogP contribution is -2.12. The van der Waals surface area contributed by atoms with Crippen molar-refractivity contribution >= 4 is 28.6 Å². The fourth-order valence-electron chi connectivity index (χ4n) is 2.78. The van der Waals surface area contributed by atoms with E-state index in [2.05, 4.69) is 27.9 Å². The molecule has 0 bridgehead atoms. The number of aromatic hydroxyl groups is 1. The summed E-state index contributed by atoms with van der Waals surface area (Å²) in [5.74, 6) is 1.03. The number of nitrogens with zero attached hydrogens (tertiary/aromatic N) is 2. The second kappa shape index (κ2) is 6.50. The van der Waals surface area contributed by atoms with Crippen LogP contribution in [0, 0.1) is 0 Å². The summed E-state index contributed by atoms with van der Waals surface area (Å²) in [7, 11) is 0. The van der Waals surface area contributed by atoms with Crippen LogP contribution in [-0.4, -0.2) is 14.7 Å². The van der Waals surface area contributed by atoms with Crippen LogP contribution in [-0.2, 0) is 6.54 Å². The number of rotatable bonds is 5. The number of aromatic nitrogens is 2. The number of para-hydroxylation sites is 2. The summed E-state index contributed by atoms with van der Waals surface area (Å²) in [5.41, 5.74) is 2.83. The van der Waals surface area contributed by atoms with Gasteiger partial charge in [0.2, 0.25) is 5.95 Å². The first-order chi connectivity index (χ1) is 11.1. The molecule has 23 heavy (non-hydrogen) atoms. The molecule has 3 aromatic rings. The predicted octanol–water partition coefficient (Wildman–Crippen LogP) is 4.98. The van der Waals surface area contributed by atoms with Gasteiger partial charge in [-0.3, -0.25) is 0 Å². The Morgan fingerprint density at radius 3 is 2.83 bits per heavy atom. The van der Waals surface area contributed by atoms with Crippen molar-refractivity contribution in [3.63, 3.8) is 0 Å². The van der Waals surface area contributed by atoms with Gasteiger partial charge in [0.15, 0.2) is 0 Å². The first kappa shape index (κ1) is 15.7. The number of benzene rings is 2. The van der Waals surface area contributed by atoms with Gasteiger partial charge >= 0.3 is 0 Å². The van der Waals surface area contributed by atoms with Crippen LogP contribution in [0.2, 0.25) is 5.02 Å². The minimum Gasteiger partial charge on any atom is -0.508 e. The van der Waals surface area contributed by atoms with E-state index in [9.17, 15) is 5.11 Å². The highest BCUT2D eigenvalue weighted by Crippen LogP contribution is 2.30.